The molecule has 8 heteroatoms. The maximum atomic E-state index is 12.8. The van der Waals surface area contributed by atoms with E-state index in [1.807, 2.05) is 60.4 Å². The van der Waals surface area contributed by atoms with Gasteiger partial charge in [0.1, 0.15) is 11.5 Å². The molecule has 1 fully saturated rings. The molecule has 0 saturated carbocycles. The zero-order valence-electron chi connectivity index (χ0n) is 18.9. The highest BCUT2D eigenvalue weighted by atomic mass is 32.1. The Hall–Kier alpha value is -3.10. The molecule has 2 N–H and O–H groups in total. The lowest BCUT2D eigenvalue weighted by molar-refractivity contribution is 0.0904. The molecule has 0 radical (unpaired) electrons. The lowest BCUT2D eigenvalue weighted by Gasteiger charge is -2.28. The minimum atomic E-state index is -0.128. The molecule has 0 spiro atoms. The van der Waals surface area contributed by atoms with Crippen molar-refractivity contribution < 1.29 is 14.2 Å². The number of H-pyrrole nitrogens is 1. The predicted octanol–water partition coefficient (Wildman–Crippen LogP) is 4.31. The topological polar surface area (TPSA) is 75.8 Å². The van der Waals surface area contributed by atoms with E-state index in [4.69, 9.17) is 26.4 Å². The van der Waals surface area contributed by atoms with Crippen molar-refractivity contribution in [1.29, 1.82) is 0 Å². The number of fused-ring (bicyclic) bond motifs is 1. The molecule has 1 unspecified atom stereocenters. The number of nitrogens with one attached hydrogen (secondary N) is 2. The maximum Gasteiger partial charge on any atom is 0.253 e. The molecule has 2 aromatic carbocycles. The monoisotopic (exact) mass is 467 g/mol. The van der Waals surface area contributed by atoms with Gasteiger partial charge in [-0.3, -0.25) is 4.79 Å². The quantitative estimate of drug-likeness (QED) is 0.478. The summed E-state index contributed by atoms with van der Waals surface area (Å²) in [5.74, 6) is 1.55. The van der Waals surface area contributed by atoms with Crippen LogP contribution in [0.25, 0.3) is 10.9 Å². The van der Waals surface area contributed by atoms with Gasteiger partial charge < -0.3 is 29.4 Å². The largest absolute Gasteiger partial charge is 0.497 e. The Balaban J connectivity index is 1.58. The molecule has 4 rings (SSSR count). The summed E-state index contributed by atoms with van der Waals surface area (Å²) >= 11 is 5.74. The summed E-state index contributed by atoms with van der Waals surface area (Å²) in [5, 5.41) is 4.74. The minimum absolute atomic E-state index is 0.0877. The van der Waals surface area contributed by atoms with Crippen molar-refractivity contribution in [3.05, 3.63) is 64.4 Å². The molecule has 1 saturated heterocycles. The molecule has 0 bridgehead atoms. The second-order valence-corrected chi connectivity index (χ2v) is 8.37. The zero-order valence-corrected chi connectivity index (χ0v) is 19.7. The van der Waals surface area contributed by atoms with Gasteiger partial charge in [0.15, 0.2) is 5.11 Å². The number of hydrogen-bond donors (Lipinski definition) is 2. The van der Waals surface area contributed by atoms with Crippen LogP contribution in [0, 0.1) is 0 Å². The van der Waals surface area contributed by atoms with Gasteiger partial charge in [-0.15, -0.1) is 0 Å². The number of anilines is 1. The van der Waals surface area contributed by atoms with Crippen molar-refractivity contribution in [2.75, 3.05) is 32.2 Å². The Morgan fingerprint density at radius 3 is 2.70 bits per heavy atom. The number of hydrogen-bond acceptors (Lipinski definition) is 5. The van der Waals surface area contributed by atoms with Crippen LogP contribution in [0.3, 0.4) is 0 Å². The molecule has 3 aromatic rings. The Bertz CT molecular complexity index is 1160. The Morgan fingerprint density at radius 1 is 1.21 bits per heavy atom. The van der Waals surface area contributed by atoms with Crippen LogP contribution in [0.15, 0.2) is 53.3 Å². The fraction of sp³-hybridized carbons (Fsp3) is 0.360. The van der Waals surface area contributed by atoms with E-state index in [0.717, 1.165) is 47.5 Å². The van der Waals surface area contributed by atoms with E-state index >= 15 is 0 Å². The standard InChI is InChI=1S/C25H29N3O4S/c1-3-31-21-10-11-23-17(14-21)13-18(24(29)27-23)15-28(16-22-5-4-12-32-22)25(33)26-19-6-8-20(30-2)9-7-19/h6-11,13-14,22H,3-5,12,15-16H2,1-2H3,(H,26,33)(H,27,29). The molecule has 1 atom stereocenters. The average molecular weight is 468 g/mol. The van der Waals surface area contributed by atoms with E-state index in [9.17, 15) is 4.79 Å². The van der Waals surface area contributed by atoms with Crippen LogP contribution in [0.1, 0.15) is 25.3 Å². The van der Waals surface area contributed by atoms with Crippen molar-refractivity contribution in [3.63, 3.8) is 0 Å². The number of aromatic nitrogens is 1. The van der Waals surface area contributed by atoms with Crippen molar-refractivity contribution in [2.24, 2.45) is 0 Å². The molecular formula is C25H29N3O4S. The van der Waals surface area contributed by atoms with Crippen LogP contribution in [-0.2, 0) is 11.3 Å². The molecular weight excluding hydrogens is 438 g/mol. The van der Waals surface area contributed by atoms with Gasteiger partial charge in [0, 0.05) is 35.3 Å². The third kappa shape index (κ3) is 5.83. The lowest BCUT2D eigenvalue weighted by atomic mass is 10.1. The zero-order chi connectivity index (χ0) is 23.2. The summed E-state index contributed by atoms with van der Waals surface area (Å²) in [6.07, 6.45) is 2.10. The Kier molecular flexibility index (Phi) is 7.47. The molecule has 33 heavy (non-hydrogen) atoms. The molecule has 2 heterocycles. The van der Waals surface area contributed by atoms with Crippen molar-refractivity contribution in [3.8, 4) is 11.5 Å². The Morgan fingerprint density at radius 2 is 2.00 bits per heavy atom. The fourth-order valence-corrected chi connectivity index (χ4v) is 4.20. The van der Waals surface area contributed by atoms with E-state index in [0.29, 0.717) is 30.4 Å². The first kappa shape index (κ1) is 23.1. The second-order valence-electron chi connectivity index (χ2n) is 7.98. The maximum absolute atomic E-state index is 12.8. The van der Waals surface area contributed by atoms with Crippen LogP contribution in [0.5, 0.6) is 11.5 Å². The van der Waals surface area contributed by atoms with Crippen LogP contribution < -0.4 is 20.3 Å². The molecule has 1 aromatic heterocycles. The van der Waals surface area contributed by atoms with Crippen molar-refractivity contribution >= 4 is 33.9 Å². The summed E-state index contributed by atoms with van der Waals surface area (Å²) in [4.78, 5) is 17.8. The highest BCUT2D eigenvalue weighted by Gasteiger charge is 2.22. The first-order chi connectivity index (χ1) is 16.1. The summed E-state index contributed by atoms with van der Waals surface area (Å²) in [5.41, 5.74) is 2.13. The molecule has 7 nitrogen and oxygen atoms in total. The normalized spacial score (nSPS) is 15.4. The van der Waals surface area contributed by atoms with Gasteiger partial charge in [-0.25, -0.2) is 0 Å². The van der Waals surface area contributed by atoms with Gasteiger partial charge in [0.2, 0.25) is 0 Å². The molecule has 174 valence electrons. The van der Waals surface area contributed by atoms with Gasteiger partial charge in [-0.1, -0.05) is 0 Å². The van der Waals surface area contributed by atoms with Crippen LogP contribution >= 0.6 is 12.2 Å². The Labute approximate surface area is 198 Å². The second kappa shape index (κ2) is 10.7. The van der Waals surface area contributed by atoms with Crippen LogP contribution in [0.4, 0.5) is 5.69 Å². The number of ether oxygens (including phenoxy) is 3. The lowest BCUT2D eigenvalue weighted by Crippen LogP contribution is -2.40. The minimum Gasteiger partial charge on any atom is -0.497 e. The fourth-order valence-electron chi connectivity index (χ4n) is 3.94. The number of pyridine rings is 1. The summed E-state index contributed by atoms with van der Waals surface area (Å²) in [7, 11) is 1.63. The number of aromatic amines is 1. The van der Waals surface area contributed by atoms with Crippen LogP contribution in [-0.4, -0.2) is 48.0 Å². The number of thiocarbonyl (C=S) groups is 1. The van der Waals surface area contributed by atoms with E-state index in [1.54, 1.807) is 7.11 Å². The highest BCUT2D eigenvalue weighted by molar-refractivity contribution is 7.80. The first-order valence-corrected chi connectivity index (χ1v) is 11.6. The van der Waals surface area contributed by atoms with Crippen molar-refractivity contribution in [2.45, 2.75) is 32.4 Å². The van der Waals surface area contributed by atoms with Gasteiger partial charge in [-0.05, 0) is 80.5 Å². The molecule has 1 aliphatic heterocycles. The third-order valence-electron chi connectivity index (χ3n) is 5.64. The summed E-state index contributed by atoms with van der Waals surface area (Å²) in [6.45, 7) is 4.27. The predicted molar refractivity (Wildman–Crippen MR) is 134 cm³/mol. The number of nitrogens with zero attached hydrogens (tertiary/aromatic N) is 1. The van der Waals surface area contributed by atoms with E-state index in [-0.39, 0.29) is 11.7 Å². The highest BCUT2D eigenvalue weighted by Crippen LogP contribution is 2.21. The van der Waals surface area contributed by atoms with E-state index < -0.39 is 0 Å². The average Bonchev–Trinajstić information content (AvgIpc) is 3.33. The van der Waals surface area contributed by atoms with Crippen LogP contribution in [0.2, 0.25) is 0 Å². The van der Waals surface area contributed by atoms with E-state index in [1.165, 1.54) is 0 Å². The number of methoxy groups -OCH3 is 1. The molecule has 1 aliphatic rings. The summed E-state index contributed by atoms with van der Waals surface area (Å²) in [6, 6.07) is 15.1. The molecule has 0 aliphatic carbocycles. The third-order valence-corrected chi connectivity index (χ3v) is 6.00. The van der Waals surface area contributed by atoms with Gasteiger partial charge in [0.25, 0.3) is 5.56 Å². The first-order valence-electron chi connectivity index (χ1n) is 11.2. The van der Waals surface area contributed by atoms with E-state index in [2.05, 4.69) is 10.3 Å². The SMILES string of the molecule is CCOc1ccc2[nH]c(=O)c(CN(CC3CCCO3)C(=S)Nc3ccc(OC)cc3)cc2c1. The van der Waals surface area contributed by atoms with Gasteiger partial charge in [-0.2, -0.15) is 0 Å². The smallest absolute Gasteiger partial charge is 0.253 e. The van der Waals surface area contributed by atoms with Crippen molar-refractivity contribution in [1.82, 2.24) is 9.88 Å². The number of benzene rings is 2. The molecule has 0 amide bonds. The van der Waals surface area contributed by atoms with Gasteiger partial charge in [0.05, 0.1) is 26.4 Å². The van der Waals surface area contributed by atoms with Gasteiger partial charge >= 0.3 is 0 Å². The number of rotatable bonds is 8. The summed E-state index contributed by atoms with van der Waals surface area (Å²) < 4.78 is 16.7.